The number of amides is 2. The third-order valence-electron chi connectivity index (χ3n) is 5.29. The predicted molar refractivity (Wildman–Crippen MR) is 115 cm³/mol. The number of methoxy groups -OCH3 is 3. The van der Waals surface area contributed by atoms with Crippen molar-refractivity contribution in [1.82, 2.24) is 5.32 Å². The summed E-state index contributed by atoms with van der Waals surface area (Å²) in [5, 5.41) is 2.97. The van der Waals surface area contributed by atoms with Gasteiger partial charge in [0.05, 0.1) is 21.3 Å². The summed E-state index contributed by atoms with van der Waals surface area (Å²) in [6, 6.07) is 10.9. The van der Waals surface area contributed by atoms with Gasteiger partial charge >= 0.3 is 0 Å². The molecule has 0 aliphatic carbocycles. The Morgan fingerprint density at radius 1 is 1.07 bits per heavy atom. The second-order valence-corrected chi connectivity index (χ2v) is 7.04. The van der Waals surface area contributed by atoms with Crippen LogP contribution in [0.4, 0.5) is 5.69 Å². The maximum Gasteiger partial charge on any atom is 0.243 e. The Morgan fingerprint density at radius 2 is 1.73 bits per heavy atom. The molecule has 1 heterocycles. The summed E-state index contributed by atoms with van der Waals surface area (Å²) in [6.07, 6.45) is 1.46. The normalized spacial score (nSPS) is 14.8. The zero-order valence-corrected chi connectivity index (χ0v) is 17.9. The molecule has 0 radical (unpaired) electrons. The molecule has 30 heavy (non-hydrogen) atoms. The topological polar surface area (TPSA) is 77.1 Å². The number of hydrogen-bond donors (Lipinski definition) is 1. The van der Waals surface area contributed by atoms with E-state index < -0.39 is 6.04 Å². The van der Waals surface area contributed by atoms with Crippen molar-refractivity contribution in [2.24, 2.45) is 0 Å². The molecule has 1 aliphatic rings. The predicted octanol–water partition coefficient (Wildman–Crippen LogP) is 2.74. The zero-order chi connectivity index (χ0) is 21.7. The highest BCUT2D eigenvalue weighted by molar-refractivity contribution is 6.03. The molecule has 7 nitrogen and oxygen atoms in total. The van der Waals surface area contributed by atoms with E-state index in [2.05, 4.69) is 5.32 Å². The second kappa shape index (κ2) is 9.52. The van der Waals surface area contributed by atoms with Crippen molar-refractivity contribution < 1.29 is 23.8 Å². The maximum absolute atomic E-state index is 12.9. The molecule has 0 bridgehead atoms. The summed E-state index contributed by atoms with van der Waals surface area (Å²) in [5.41, 5.74) is 2.79. The summed E-state index contributed by atoms with van der Waals surface area (Å²) in [4.78, 5) is 27.0. The van der Waals surface area contributed by atoms with Crippen LogP contribution in [-0.2, 0) is 22.4 Å². The van der Waals surface area contributed by atoms with Gasteiger partial charge in [-0.1, -0.05) is 25.1 Å². The number of para-hydroxylation sites is 1. The van der Waals surface area contributed by atoms with Crippen molar-refractivity contribution in [2.45, 2.75) is 32.2 Å². The maximum atomic E-state index is 12.9. The molecule has 0 fully saturated rings. The lowest BCUT2D eigenvalue weighted by Gasteiger charge is -2.24. The first kappa shape index (κ1) is 21.5. The fourth-order valence-electron chi connectivity index (χ4n) is 3.80. The van der Waals surface area contributed by atoms with Gasteiger partial charge in [0.2, 0.25) is 17.6 Å². The molecule has 0 saturated carbocycles. The van der Waals surface area contributed by atoms with E-state index in [4.69, 9.17) is 14.2 Å². The van der Waals surface area contributed by atoms with Gasteiger partial charge in [0.25, 0.3) is 0 Å². The van der Waals surface area contributed by atoms with Gasteiger partial charge < -0.3 is 19.5 Å². The van der Waals surface area contributed by atoms with Gasteiger partial charge in [-0.3, -0.25) is 14.5 Å². The van der Waals surface area contributed by atoms with Crippen molar-refractivity contribution in [3.05, 3.63) is 47.5 Å². The number of nitrogens with one attached hydrogen (secondary N) is 1. The molecule has 0 saturated heterocycles. The van der Waals surface area contributed by atoms with E-state index in [0.29, 0.717) is 43.1 Å². The van der Waals surface area contributed by atoms with Crippen molar-refractivity contribution >= 4 is 17.5 Å². The monoisotopic (exact) mass is 412 g/mol. The molecular formula is C23H28N2O5. The molecule has 2 amide bonds. The van der Waals surface area contributed by atoms with Gasteiger partial charge in [-0.05, 0) is 35.7 Å². The third-order valence-corrected chi connectivity index (χ3v) is 5.29. The number of fused-ring (bicyclic) bond motifs is 1. The number of rotatable bonds is 8. The first-order valence-corrected chi connectivity index (χ1v) is 10.0. The average Bonchev–Trinajstić information content (AvgIpc) is 3.17. The van der Waals surface area contributed by atoms with Crippen LogP contribution in [0.3, 0.4) is 0 Å². The quantitative estimate of drug-likeness (QED) is 0.722. The van der Waals surface area contributed by atoms with Gasteiger partial charge in [0.15, 0.2) is 11.5 Å². The number of hydrogen-bond acceptors (Lipinski definition) is 5. The highest BCUT2D eigenvalue weighted by atomic mass is 16.5. The summed E-state index contributed by atoms with van der Waals surface area (Å²) in [5.74, 6) is 1.48. The Bertz CT molecular complexity index is 903. The van der Waals surface area contributed by atoms with E-state index >= 15 is 0 Å². The lowest BCUT2D eigenvalue weighted by Crippen LogP contribution is -2.48. The Balaban J connectivity index is 1.68. The highest BCUT2D eigenvalue weighted by Crippen LogP contribution is 2.38. The van der Waals surface area contributed by atoms with Gasteiger partial charge in [0, 0.05) is 25.1 Å². The standard InChI is InChI=1S/C23H28N2O5/c1-5-21(26)25-17-9-7-6-8-16(17)14-18(25)23(27)24-11-10-15-12-19(28-2)22(30-4)20(13-15)29-3/h6-9,12-13,18H,5,10-11,14H2,1-4H3,(H,24,27)/t18-/m1/s1. The number of carbonyl (C=O) groups is 2. The van der Waals surface area contributed by atoms with Crippen molar-refractivity contribution in [2.75, 3.05) is 32.8 Å². The van der Waals surface area contributed by atoms with E-state index in [0.717, 1.165) is 16.8 Å². The number of ether oxygens (including phenoxy) is 3. The Morgan fingerprint density at radius 3 is 2.33 bits per heavy atom. The molecule has 0 spiro atoms. The van der Waals surface area contributed by atoms with E-state index in [1.54, 1.807) is 26.2 Å². The molecule has 1 atom stereocenters. The first-order valence-electron chi connectivity index (χ1n) is 10.0. The molecule has 3 rings (SSSR count). The second-order valence-electron chi connectivity index (χ2n) is 7.04. The summed E-state index contributed by atoms with van der Waals surface area (Å²) in [7, 11) is 4.70. The van der Waals surface area contributed by atoms with Crippen LogP contribution in [-0.4, -0.2) is 45.7 Å². The van der Waals surface area contributed by atoms with Crippen molar-refractivity contribution in [3.63, 3.8) is 0 Å². The van der Waals surface area contributed by atoms with Gasteiger partial charge in [-0.15, -0.1) is 0 Å². The minimum atomic E-state index is -0.519. The minimum Gasteiger partial charge on any atom is -0.493 e. The van der Waals surface area contributed by atoms with Gasteiger partial charge in [-0.2, -0.15) is 0 Å². The number of nitrogens with zero attached hydrogens (tertiary/aromatic N) is 1. The van der Waals surface area contributed by atoms with E-state index in [1.165, 1.54) is 0 Å². The van der Waals surface area contributed by atoms with E-state index in [1.807, 2.05) is 43.3 Å². The number of carbonyl (C=O) groups excluding carboxylic acids is 2. The minimum absolute atomic E-state index is 0.0512. The van der Waals surface area contributed by atoms with Crippen LogP contribution in [0.1, 0.15) is 24.5 Å². The highest BCUT2D eigenvalue weighted by Gasteiger charge is 2.37. The fourth-order valence-corrected chi connectivity index (χ4v) is 3.80. The molecule has 160 valence electrons. The van der Waals surface area contributed by atoms with Crippen molar-refractivity contribution in [1.29, 1.82) is 0 Å². The molecule has 0 aromatic heterocycles. The zero-order valence-electron chi connectivity index (χ0n) is 17.9. The Kier molecular flexibility index (Phi) is 6.82. The summed E-state index contributed by atoms with van der Waals surface area (Å²) >= 11 is 0. The van der Waals surface area contributed by atoms with Crippen LogP contribution >= 0.6 is 0 Å². The van der Waals surface area contributed by atoms with Crippen LogP contribution in [0, 0.1) is 0 Å². The SMILES string of the molecule is CCC(=O)N1c2ccccc2C[C@@H]1C(=O)NCCc1cc(OC)c(OC)c(OC)c1. The van der Waals surface area contributed by atoms with Crippen LogP contribution in [0.5, 0.6) is 17.2 Å². The molecule has 7 heteroatoms. The van der Waals surface area contributed by atoms with Crippen LogP contribution in [0.2, 0.25) is 0 Å². The molecular weight excluding hydrogens is 384 g/mol. The first-order chi connectivity index (χ1) is 14.5. The number of anilines is 1. The summed E-state index contributed by atoms with van der Waals surface area (Å²) < 4.78 is 16.1. The fraction of sp³-hybridized carbons (Fsp3) is 0.391. The molecule has 1 N–H and O–H groups in total. The van der Waals surface area contributed by atoms with Crippen LogP contribution in [0.15, 0.2) is 36.4 Å². The van der Waals surface area contributed by atoms with E-state index in [-0.39, 0.29) is 11.8 Å². The lowest BCUT2D eigenvalue weighted by molar-refractivity contribution is -0.126. The largest absolute Gasteiger partial charge is 0.493 e. The molecule has 1 aliphatic heterocycles. The van der Waals surface area contributed by atoms with Crippen LogP contribution < -0.4 is 24.4 Å². The molecule has 0 unspecified atom stereocenters. The third kappa shape index (κ3) is 4.20. The number of benzene rings is 2. The van der Waals surface area contributed by atoms with E-state index in [9.17, 15) is 9.59 Å². The average molecular weight is 412 g/mol. The Labute approximate surface area is 176 Å². The smallest absolute Gasteiger partial charge is 0.243 e. The van der Waals surface area contributed by atoms with Gasteiger partial charge in [0.1, 0.15) is 6.04 Å². The van der Waals surface area contributed by atoms with Crippen molar-refractivity contribution in [3.8, 4) is 17.2 Å². The summed E-state index contributed by atoms with van der Waals surface area (Å²) in [6.45, 7) is 2.24. The van der Waals surface area contributed by atoms with Gasteiger partial charge in [-0.25, -0.2) is 0 Å². The molecule has 2 aromatic rings. The lowest BCUT2D eigenvalue weighted by atomic mass is 10.1. The van der Waals surface area contributed by atoms with Crippen LogP contribution in [0.25, 0.3) is 0 Å². The Hall–Kier alpha value is -3.22. The molecule has 2 aromatic carbocycles.